The summed E-state index contributed by atoms with van der Waals surface area (Å²) in [4.78, 5) is 29.5. The Hall–Kier alpha value is -2.41. The van der Waals surface area contributed by atoms with Crippen LogP contribution < -0.4 is 16.4 Å². The van der Waals surface area contributed by atoms with E-state index >= 15 is 0 Å². The van der Waals surface area contributed by atoms with Crippen molar-refractivity contribution in [3.05, 3.63) is 56.0 Å². The Kier molecular flexibility index (Phi) is 3.57. The number of nitrogens with zero attached hydrogens (tertiary/aromatic N) is 2. The Bertz CT molecular complexity index is 894. The van der Waals surface area contributed by atoms with Gasteiger partial charge in [-0.25, -0.2) is 9.67 Å². The topological polar surface area (TPSA) is 79.8 Å². The molecule has 0 spiro atoms. The lowest BCUT2D eigenvalue weighted by Gasteiger charge is -2.05. The van der Waals surface area contributed by atoms with Gasteiger partial charge in [-0.2, -0.15) is 0 Å². The van der Waals surface area contributed by atoms with Gasteiger partial charge in [0.15, 0.2) is 5.13 Å². The van der Waals surface area contributed by atoms with E-state index in [0.29, 0.717) is 17.3 Å². The SMILES string of the molecule is CCNc1ncc(Cn2[nH]c(=O)c3ccccc3c2=O)s1. The Balaban J connectivity index is 2.02. The van der Waals surface area contributed by atoms with Gasteiger partial charge in [-0.15, -0.1) is 11.3 Å². The fourth-order valence-corrected chi connectivity index (χ4v) is 3.00. The second-order valence-corrected chi connectivity index (χ2v) is 5.66. The van der Waals surface area contributed by atoms with Gasteiger partial charge >= 0.3 is 0 Å². The summed E-state index contributed by atoms with van der Waals surface area (Å²) in [6, 6.07) is 6.81. The van der Waals surface area contributed by atoms with Crippen LogP contribution in [0.2, 0.25) is 0 Å². The van der Waals surface area contributed by atoms with Crippen LogP contribution in [-0.4, -0.2) is 21.3 Å². The van der Waals surface area contributed by atoms with Crippen molar-refractivity contribution in [2.24, 2.45) is 0 Å². The Morgan fingerprint density at radius 3 is 2.81 bits per heavy atom. The largest absolute Gasteiger partial charge is 0.362 e. The minimum absolute atomic E-state index is 0.205. The van der Waals surface area contributed by atoms with Gasteiger partial charge < -0.3 is 5.32 Å². The molecule has 0 fully saturated rings. The molecule has 2 N–H and O–H groups in total. The molecule has 0 unspecified atom stereocenters. The first-order valence-electron chi connectivity index (χ1n) is 6.59. The van der Waals surface area contributed by atoms with Gasteiger partial charge in [0.05, 0.1) is 17.3 Å². The molecular formula is C14H14N4O2S. The second-order valence-electron chi connectivity index (χ2n) is 4.54. The van der Waals surface area contributed by atoms with E-state index in [1.165, 1.54) is 16.0 Å². The number of anilines is 1. The maximum Gasteiger partial charge on any atom is 0.273 e. The van der Waals surface area contributed by atoms with Crippen LogP contribution in [0.3, 0.4) is 0 Å². The molecule has 3 aromatic rings. The van der Waals surface area contributed by atoms with E-state index in [-0.39, 0.29) is 11.1 Å². The maximum absolute atomic E-state index is 12.4. The summed E-state index contributed by atoms with van der Waals surface area (Å²) in [5, 5.41) is 7.38. The van der Waals surface area contributed by atoms with E-state index in [4.69, 9.17) is 0 Å². The first-order chi connectivity index (χ1) is 10.2. The molecule has 7 heteroatoms. The molecule has 21 heavy (non-hydrogen) atoms. The van der Waals surface area contributed by atoms with E-state index in [1.54, 1.807) is 30.5 Å². The fraction of sp³-hybridized carbons (Fsp3) is 0.214. The van der Waals surface area contributed by atoms with E-state index in [1.807, 2.05) is 6.92 Å². The van der Waals surface area contributed by atoms with Crippen LogP contribution in [-0.2, 0) is 6.54 Å². The average Bonchev–Trinajstić information content (AvgIpc) is 2.92. The molecule has 2 aromatic heterocycles. The van der Waals surface area contributed by atoms with Crippen molar-refractivity contribution in [1.29, 1.82) is 0 Å². The highest BCUT2D eigenvalue weighted by atomic mass is 32.1. The van der Waals surface area contributed by atoms with Crippen molar-refractivity contribution in [3.8, 4) is 0 Å². The van der Waals surface area contributed by atoms with Crippen LogP contribution >= 0.6 is 11.3 Å². The Labute approximate surface area is 124 Å². The van der Waals surface area contributed by atoms with Crippen LogP contribution in [0.25, 0.3) is 10.8 Å². The third-order valence-corrected chi connectivity index (χ3v) is 4.02. The number of fused-ring (bicyclic) bond motifs is 1. The van der Waals surface area contributed by atoms with Gasteiger partial charge in [0.25, 0.3) is 11.1 Å². The number of benzene rings is 1. The summed E-state index contributed by atoms with van der Waals surface area (Å²) >= 11 is 1.47. The molecule has 0 radical (unpaired) electrons. The number of aromatic nitrogens is 3. The minimum atomic E-state index is -0.262. The zero-order valence-electron chi connectivity index (χ0n) is 11.4. The van der Waals surface area contributed by atoms with Gasteiger partial charge in [-0.1, -0.05) is 12.1 Å². The van der Waals surface area contributed by atoms with Crippen molar-refractivity contribution in [3.63, 3.8) is 0 Å². The second kappa shape index (κ2) is 5.53. The number of rotatable bonds is 4. The smallest absolute Gasteiger partial charge is 0.273 e. The van der Waals surface area contributed by atoms with Crippen molar-refractivity contribution in [2.75, 3.05) is 11.9 Å². The zero-order valence-corrected chi connectivity index (χ0v) is 12.2. The molecule has 0 saturated heterocycles. The fourth-order valence-electron chi connectivity index (χ4n) is 2.13. The Morgan fingerprint density at radius 2 is 2.05 bits per heavy atom. The predicted octanol–water partition coefficient (Wildman–Crippen LogP) is 1.63. The van der Waals surface area contributed by atoms with Crippen molar-refractivity contribution in [2.45, 2.75) is 13.5 Å². The number of nitrogens with one attached hydrogen (secondary N) is 2. The van der Waals surface area contributed by atoms with Crippen LogP contribution in [0.15, 0.2) is 40.1 Å². The van der Waals surface area contributed by atoms with Gasteiger partial charge in [0.1, 0.15) is 0 Å². The summed E-state index contributed by atoms with van der Waals surface area (Å²) in [6.07, 6.45) is 1.71. The standard InChI is InChI=1S/C14H14N4O2S/c1-2-15-14-16-7-9(21-14)8-18-13(20)11-6-4-3-5-10(11)12(19)17-18/h3-7H,2,8H2,1H3,(H,15,16)(H,17,19). The lowest BCUT2D eigenvalue weighted by molar-refractivity contribution is 0.642. The van der Waals surface area contributed by atoms with Crippen LogP contribution in [0.1, 0.15) is 11.8 Å². The molecular weight excluding hydrogens is 288 g/mol. The lowest BCUT2D eigenvalue weighted by Crippen LogP contribution is -2.29. The summed E-state index contributed by atoms with van der Waals surface area (Å²) < 4.78 is 1.33. The quantitative estimate of drug-likeness (QED) is 0.767. The van der Waals surface area contributed by atoms with Crippen LogP contribution in [0.5, 0.6) is 0 Å². The van der Waals surface area contributed by atoms with Crippen LogP contribution in [0, 0.1) is 0 Å². The molecule has 108 valence electrons. The zero-order chi connectivity index (χ0) is 14.8. The molecule has 1 aromatic carbocycles. The Morgan fingerprint density at radius 1 is 1.29 bits per heavy atom. The first kappa shape index (κ1) is 13.6. The van der Waals surface area contributed by atoms with E-state index in [9.17, 15) is 9.59 Å². The predicted molar refractivity (Wildman–Crippen MR) is 84.2 cm³/mol. The van der Waals surface area contributed by atoms with E-state index in [2.05, 4.69) is 15.4 Å². The summed E-state index contributed by atoms with van der Waals surface area (Å²) in [6.45, 7) is 3.09. The van der Waals surface area contributed by atoms with Crippen molar-refractivity contribution >= 4 is 27.2 Å². The molecule has 0 atom stereocenters. The molecule has 3 rings (SSSR count). The molecule has 0 saturated carbocycles. The number of aromatic amines is 1. The van der Waals surface area contributed by atoms with Gasteiger partial charge in [0, 0.05) is 17.6 Å². The third-order valence-electron chi connectivity index (χ3n) is 3.08. The van der Waals surface area contributed by atoms with E-state index in [0.717, 1.165) is 16.6 Å². The summed E-state index contributed by atoms with van der Waals surface area (Å²) in [7, 11) is 0. The lowest BCUT2D eigenvalue weighted by atomic mass is 10.2. The number of H-pyrrole nitrogens is 1. The maximum atomic E-state index is 12.4. The van der Waals surface area contributed by atoms with Gasteiger partial charge in [-0.05, 0) is 19.1 Å². The molecule has 0 amide bonds. The van der Waals surface area contributed by atoms with Crippen molar-refractivity contribution < 1.29 is 0 Å². The van der Waals surface area contributed by atoms with Gasteiger partial charge in [0.2, 0.25) is 0 Å². The highest BCUT2D eigenvalue weighted by molar-refractivity contribution is 7.15. The molecule has 2 heterocycles. The minimum Gasteiger partial charge on any atom is -0.362 e. The average molecular weight is 302 g/mol. The highest BCUT2D eigenvalue weighted by Crippen LogP contribution is 2.18. The number of hydrogen-bond acceptors (Lipinski definition) is 5. The molecule has 0 aliphatic heterocycles. The summed E-state index contributed by atoms with van der Waals surface area (Å²) in [5.41, 5.74) is -0.467. The number of thiazole rings is 1. The van der Waals surface area contributed by atoms with Crippen molar-refractivity contribution in [1.82, 2.24) is 14.8 Å². The summed E-state index contributed by atoms with van der Waals surface area (Å²) in [5.74, 6) is 0. The molecule has 0 bridgehead atoms. The normalized spacial score (nSPS) is 10.9. The molecule has 0 aliphatic rings. The van der Waals surface area contributed by atoms with Gasteiger partial charge in [-0.3, -0.25) is 14.7 Å². The van der Waals surface area contributed by atoms with Crippen LogP contribution in [0.4, 0.5) is 5.13 Å². The monoisotopic (exact) mass is 302 g/mol. The number of hydrogen-bond donors (Lipinski definition) is 2. The third kappa shape index (κ3) is 2.59. The van der Waals surface area contributed by atoms with E-state index < -0.39 is 0 Å². The first-order valence-corrected chi connectivity index (χ1v) is 7.41. The molecule has 6 nitrogen and oxygen atoms in total. The highest BCUT2D eigenvalue weighted by Gasteiger charge is 2.08. The molecule has 0 aliphatic carbocycles.